The predicted octanol–water partition coefficient (Wildman–Crippen LogP) is -0.641. The molecule has 0 aliphatic carbocycles. The van der Waals surface area contributed by atoms with Gasteiger partial charge in [-0.1, -0.05) is 0 Å². The molecule has 1 aromatic heterocycles. The number of aromatic nitrogens is 2. The van der Waals surface area contributed by atoms with E-state index in [2.05, 4.69) is 9.97 Å². The molecule has 14 heavy (non-hydrogen) atoms. The van der Waals surface area contributed by atoms with Crippen LogP contribution in [-0.4, -0.2) is 42.0 Å². The molecule has 1 rings (SSSR count). The van der Waals surface area contributed by atoms with Gasteiger partial charge in [0.15, 0.2) is 0 Å². The van der Waals surface area contributed by atoms with E-state index in [4.69, 9.17) is 4.74 Å². The van der Waals surface area contributed by atoms with Gasteiger partial charge in [-0.2, -0.15) is 0 Å². The Morgan fingerprint density at radius 2 is 2.21 bits per heavy atom. The Kier molecular flexibility index (Phi) is 3.52. The van der Waals surface area contributed by atoms with Crippen LogP contribution in [0.3, 0.4) is 0 Å². The van der Waals surface area contributed by atoms with Crippen molar-refractivity contribution in [1.82, 2.24) is 14.9 Å². The molecule has 0 saturated carbocycles. The van der Waals surface area contributed by atoms with E-state index in [1.54, 1.807) is 21.2 Å². The molecule has 0 N–H and O–H groups in total. The number of methoxy groups -OCH3 is 1. The van der Waals surface area contributed by atoms with Gasteiger partial charge in [0, 0.05) is 0 Å². The molecule has 6 heteroatoms. The number of carbonyl (C=O) groups excluding carboxylic acids is 1. The Morgan fingerprint density at radius 3 is 2.64 bits per heavy atom. The minimum atomic E-state index is -0.192. The van der Waals surface area contributed by atoms with Crippen molar-refractivity contribution in [3.05, 3.63) is 12.0 Å². The third-order valence-corrected chi connectivity index (χ3v) is 2.71. The first-order valence-corrected chi connectivity index (χ1v) is 5.49. The van der Waals surface area contributed by atoms with Gasteiger partial charge in [-0.25, -0.2) is 0 Å². The Morgan fingerprint density at radius 1 is 1.57 bits per heavy atom. The summed E-state index contributed by atoms with van der Waals surface area (Å²) in [6.45, 7) is 0. The third-order valence-electron chi connectivity index (χ3n) is 1.65. The summed E-state index contributed by atoms with van der Waals surface area (Å²) in [5, 5.41) is 0. The molecule has 0 aliphatic rings. The van der Waals surface area contributed by atoms with Gasteiger partial charge in [0.05, 0.1) is 0 Å². The maximum absolute atomic E-state index is 11.5. The normalized spacial score (nSPS) is 9.79. The molecule has 0 spiro atoms. The Bertz CT molecular complexity index is 354. The number of hydrogen-bond donors (Lipinski definition) is 0. The van der Waals surface area contributed by atoms with Gasteiger partial charge in [0.2, 0.25) is 0 Å². The van der Waals surface area contributed by atoms with Crippen molar-refractivity contribution in [3.8, 4) is 5.75 Å². The number of hydrogen-bond acceptors (Lipinski definition) is 4. The first-order chi connectivity index (χ1) is 6.56. The fraction of sp³-hybridized carbons (Fsp3) is 0.375. The Hall–Kier alpha value is -1.03. The first-order valence-electron chi connectivity index (χ1n) is 4.01. The molecule has 0 bridgehead atoms. The second-order valence-corrected chi connectivity index (χ2v) is 4.31. The fourth-order valence-electron chi connectivity index (χ4n) is 0.880. The van der Waals surface area contributed by atoms with Gasteiger partial charge in [-0.3, -0.25) is 0 Å². The average Bonchev–Trinajstić information content (AvgIpc) is 2.16. The van der Waals surface area contributed by atoms with Gasteiger partial charge < -0.3 is 0 Å². The van der Waals surface area contributed by atoms with Gasteiger partial charge >= 0.3 is 91.9 Å². The van der Waals surface area contributed by atoms with Crippen LogP contribution in [0.4, 0.5) is 0 Å². The standard InChI is InChI=1S/C8H10N3O2.Zn/c1-11(2)8(12)7-9-4-6(13-3)5-10-7;/h4H,1-3H3;. The second-order valence-electron chi connectivity index (χ2n) is 2.91. The molecule has 5 nitrogen and oxygen atoms in total. The first kappa shape index (κ1) is 11.1. The summed E-state index contributed by atoms with van der Waals surface area (Å²) >= 11 is 0.833. The SMILES string of the molecule is COc1cnc(C(=O)N(C)C)n[c]1[Zn]. The molecular weight excluding hydrogens is 235 g/mol. The number of amides is 1. The molecule has 0 atom stereocenters. The summed E-state index contributed by atoms with van der Waals surface area (Å²) in [6.07, 6.45) is 1.53. The summed E-state index contributed by atoms with van der Waals surface area (Å²) in [5.41, 5.74) is 0. The molecule has 0 unspecified atom stereocenters. The maximum atomic E-state index is 11.5. The Balaban J connectivity index is 3.03. The van der Waals surface area contributed by atoms with Crippen molar-refractivity contribution >= 4 is 10.2 Å². The van der Waals surface area contributed by atoms with E-state index >= 15 is 0 Å². The van der Waals surface area contributed by atoms with Crippen LogP contribution in [-0.2, 0) is 18.3 Å². The van der Waals surface area contributed by atoms with E-state index in [1.807, 2.05) is 0 Å². The quantitative estimate of drug-likeness (QED) is 0.651. The van der Waals surface area contributed by atoms with E-state index in [0.717, 1.165) is 22.6 Å². The molecule has 1 aromatic rings. The van der Waals surface area contributed by atoms with Crippen molar-refractivity contribution in [1.29, 1.82) is 0 Å². The van der Waals surface area contributed by atoms with Gasteiger partial charge in [-0.15, -0.1) is 0 Å². The van der Waals surface area contributed by atoms with E-state index in [9.17, 15) is 4.79 Å². The topological polar surface area (TPSA) is 55.3 Å². The van der Waals surface area contributed by atoms with E-state index < -0.39 is 0 Å². The predicted molar refractivity (Wildman–Crippen MR) is 46.2 cm³/mol. The molecule has 1 amide bonds. The van der Waals surface area contributed by atoms with Gasteiger partial charge in [0.25, 0.3) is 0 Å². The molecule has 0 saturated heterocycles. The number of ether oxygens (including phenoxy) is 1. The molecule has 0 aromatic carbocycles. The van der Waals surface area contributed by atoms with Crippen LogP contribution in [0.2, 0.25) is 0 Å². The zero-order valence-electron chi connectivity index (χ0n) is 8.44. The fourth-order valence-corrected chi connectivity index (χ4v) is 1.69. The number of carbonyl (C=O) groups is 1. The minimum absolute atomic E-state index is 0.192. The van der Waals surface area contributed by atoms with Crippen LogP contribution in [0.25, 0.3) is 0 Å². The summed E-state index contributed by atoms with van der Waals surface area (Å²) in [7, 11) is 4.90. The van der Waals surface area contributed by atoms with E-state index in [1.165, 1.54) is 11.1 Å². The van der Waals surface area contributed by atoms with Crippen LogP contribution in [0.1, 0.15) is 10.6 Å². The van der Waals surface area contributed by atoms with Crippen LogP contribution < -0.4 is 9.03 Å². The van der Waals surface area contributed by atoms with Crippen LogP contribution >= 0.6 is 0 Å². The summed E-state index contributed by atoms with van der Waals surface area (Å²) < 4.78 is 5.81. The van der Waals surface area contributed by atoms with E-state index in [-0.39, 0.29) is 11.7 Å². The molecule has 0 radical (unpaired) electrons. The monoisotopic (exact) mass is 244 g/mol. The van der Waals surface area contributed by atoms with Gasteiger partial charge in [0.1, 0.15) is 0 Å². The van der Waals surface area contributed by atoms with E-state index in [0.29, 0.717) is 5.75 Å². The molecule has 71 valence electrons. The van der Waals surface area contributed by atoms with Crippen molar-refractivity contribution in [2.75, 3.05) is 21.2 Å². The molecule has 0 fully saturated rings. The molecular formula is C8H10N3O2Zn. The van der Waals surface area contributed by atoms with Crippen molar-refractivity contribution in [3.63, 3.8) is 0 Å². The van der Waals surface area contributed by atoms with Crippen molar-refractivity contribution in [2.45, 2.75) is 0 Å². The van der Waals surface area contributed by atoms with Crippen LogP contribution in [0, 0.1) is 0 Å². The zero-order valence-corrected chi connectivity index (χ0v) is 11.4. The zero-order chi connectivity index (χ0) is 10.7. The van der Waals surface area contributed by atoms with Crippen LogP contribution in [0.5, 0.6) is 5.75 Å². The molecule has 0 aliphatic heterocycles. The second kappa shape index (κ2) is 4.46. The number of rotatable bonds is 2. The van der Waals surface area contributed by atoms with Crippen molar-refractivity contribution in [2.24, 2.45) is 0 Å². The van der Waals surface area contributed by atoms with Gasteiger partial charge in [-0.05, 0) is 0 Å². The summed E-state index contributed by atoms with van der Waals surface area (Å²) in [5.74, 6) is 0.666. The number of nitrogens with zero attached hydrogens (tertiary/aromatic N) is 3. The third kappa shape index (κ3) is 2.26. The molecule has 1 heterocycles. The van der Waals surface area contributed by atoms with Crippen molar-refractivity contribution < 1.29 is 27.8 Å². The summed E-state index contributed by atoms with van der Waals surface area (Å²) in [4.78, 5) is 20.9. The summed E-state index contributed by atoms with van der Waals surface area (Å²) in [6, 6.07) is 0. The average molecular weight is 246 g/mol. The Labute approximate surface area is 92.2 Å². The van der Waals surface area contributed by atoms with Crippen LogP contribution in [0.15, 0.2) is 6.20 Å².